The van der Waals surface area contributed by atoms with Crippen LogP contribution in [0.25, 0.3) is 0 Å². The van der Waals surface area contributed by atoms with E-state index in [0.717, 1.165) is 30.4 Å². The number of benzene rings is 1. The Labute approximate surface area is 146 Å². The van der Waals surface area contributed by atoms with Crippen molar-refractivity contribution in [1.82, 2.24) is 20.4 Å². The Morgan fingerprint density at radius 3 is 2.80 bits per heavy atom. The molecule has 25 heavy (non-hydrogen) atoms. The van der Waals surface area contributed by atoms with Gasteiger partial charge in [-0.15, -0.1) is 0 Å². The van der Waals surface area contributed by atoms with Gasteiger partial charge in [0.2, 0.25) is 0 Å². The molecule has 0 fully saturated rings. The van der Waals surface area contributed by atoms with Gasteiger partial charge in [-0.2, -0.15) is 5.10 Å². The molecule has 0 spiro atoms. The van der Waals surface area contributed by atoms with Crippen molar-refractivity contribution in [2.24, 2.45) is 7.05 Å². The van der Waals surface area contributed by atoms with Gasteiger partial charge in [0, 0.05) is 24.8 Å². The molecule has 1 aliphatic rings. The highest BCUT2D eigenvalue weighted by molar-refractivity contribution is 5.89. The predicted octanol–water partition coefficient (Wildman–Crippen LogP) is 2.08. The normalized spacial score (nSPS) is 16.0. The van der Waals surface area contributed by atoms with Crippen LogP contribution in [0.3, 0.4) is 0 Å². The number of aryl methyl sites for hydroxylation is 1. The van der Waals surface area contributed by atoms with Crippen LogP contribution in [0.5, 0.6) is 0 Å². The van der Waals surface area contributed by atoms with Crippen molar-refractivity contribution in [2.75, 3.05) is 7.11 Å². The van der Waals surface area contributed by atoms with E-state index in [9.17, 15) is 9.59 Å². The topological polar surface area (TPSA) is 85.2 Å². The SMILES string of the molecule is COC(=O)c1ccc(CNC(=O)N[C@@H]2CCCc3c2cnn3C)cc1. The van der Waals surface area contributed by atoms with E-state index < -0.39 is 0 Å². The molecule has 0 saturated carbocycles. The number of methoxy groups -OCH3 is 1. The standard InChI is InChI=1S/C18H22N4O3/c1-22-16-5-3-4-15(14(16)11-20-22)21-18(24)19-10-12-6-8-13(9-7-12)17(23)25-2/h6-9,11,15H,3-5,10H2,1-2H3,(H2,19,21,24)/t15-/m1/s1. The molecule has 1 heterocycles. The summed E-state index contributed by atoms with van der Waals surface area (Å²) in [4.78, 5) is 23.6. The third kappa shape index (κ3) is 3.81. The largest absolute Gasteiger partial charge is 0.465 e. The lowest BCUT2D eigenvalue weighted by atomic mass is 9.93. The molecule has 1 aromatic heterocycles. The Kier molecular flexibility index (Phi) is 5.02. The van der Waals surface area contributed by atoms with Crippen LogP contribution in [0, 0.1) is 0 Å². The third-order valence-corrected chi connectivity index (χ3v) is 4.51. The zero-order chi connectivity index (χ0) is 17.8. The predicted molar refractivity (Wildman–Crippen MR) is 92.0 cm³/mol. The molecular formula is C18H22N4O3. The van der Waals surface area contributed by atoms with E-state index in [2.05, 4.69) is 20.5 Å². The summed E-state index contributed by atoms with van der Waals surface area (Å²) >= 11 is 0. The number of hydrogen-bond acceptors (Lipinski definition) is 4. The summed E-state index contributed by atoms with van der Waals surface area (Å²) in [5.41, 5.74) is 3.69. The van der Waals surface area contributed by atoms with Crippen molar-refractivity contribution in [3.8, 4) is 0 Å². The summed E-state index contributed by atoms with van der Waals surface area (Å²) < 4.78 is 6.54. The maximum Gasteiger partial charge on any atom is 0.337 e. The number of esters is 1. The highest BCUT2D eigenvalue weighted by Crippen LogP contribution is 2.28. The molecule has 7 heteroatoms. The molecular weight excluding hydrogens is 320 g/mol. The molecule has 2 N–H and O–H groups in total. The molecule has 132 valence electrons. The highest BCUT2D eigenvalue weighted by Gasteiger charge is 2.24. The fourth-order valence-electron chi connectivity index (χ4n) is 3.12. The number of ether oxygens (including phenoxy) is 1. The molecule has 0 bridgehead atoms. The van der Waals surface area contributed by atoms with Crippen LogP contribution < -0.4 is 10.6 Å². The first-order valence-corrected chi connectivity index (χ1v) is 8.31. The van der Waals surface area contributed by atoms with Gasteiger partial charge in [0.15, 0.2) is 0 Å². The van der Waals surface area contributed by atoms with Crippen molar-refractivity contribution in [3.05, 3.63) is 52.8 Å². The van der Waals surface area contributed by atoms with E-state index in [1.807, 2.05) is 17.9 Å². The molecule has 0 radical (unpaired) electrons. The van der Waals surface area contributed by atoms with Crippen LogP contribution in [0.15, 0.2) is 30.5 Å². The molecule has 0 saturated heterocycles. The molecule has 1 atom stereocenters. The number of carbonyl (C=O) groups excluding carboxylic acids is 2. The number of urea groups is 1. The Hall–Kier alpha value is -2.83. The lowest BCUT2D eigenvalue weighted by molar-refractivity contribution is 0.0600. The van der Waals surface area contributed by atoms with Crippen molar-refractivity contribution in [2.45, 2.75) is 31.8 Å². The number of rotatable bonds is 4. The van der Waals surface area contributed by atoms with Crippen LogP contribution in [0.4, 0.5) is 4.79 Å². The van der Waals surface area contributed by atoms with Gasteiger partial charge in [-0.25, -0.2) is 9.59 Å². The minimum absolute atomic E-state index is 0.000787. The fourth-order valence-corrected chi connectivity index (χ4v) is 3.12. The van der Waals surface area contributed by atoms with Crippen LogP contribution >= 0.6 is 0 Å². The Morgan fingerprint density at radius 1 is 1.32 bits per heavy atom. The van der Waals surface area contributed by atoms with E-state index in [1.165, 1.54) is 12.8 Å². The Morgan fingerprint density at radius 2 is 2.08 bits per heavy atom. The third-order valence-electron chi connectivity index (χ3n) is 4.51. The molecule has 0 unspecified atom stereocenters. The maximum absolute atomic E-state index is 12.2. The first kappa shape index (κ1) is 17.0. The van der Waals surface area contributed by atoms with Gasteiger partial charge in [0.05, 0.1) is 24.9 Å². The smallest absolute Gasteiger partial charge is 0.337 e. The monoisotopic (exact) mass is 342 g/mol. The number of carbonyl (C=O) groups is 2. The molecule has 2 aromatic rings. The summed E-state index contributed by atoms with van der Waals surface area (Å²) in [6, 6.07) is 6.75. The van der Waals surface area contributed by atoms with Gasteiger partial charge < -0.3 is 15.4 Å². The Balaban J connectivity index is 1.54. The first-order chi connectivity index (χ1) is 12.1. The van der Waals surface area contributed by atoms with Crippen molar-refractivity contribution >= 4 is 12.0 Å². The summed E-state index contributed by atoms with van der Waals surface area (Å²) in [7, 11) is 3.28. The number of fused-ring (bicyclic) bond motifs is 1. The van der Waals surface area contributed by atoms with Crippen LogP contribution in [0.2, 0.25) is 0 Å². The van der Waals surface area contributed by atoms with Gasteiger partial charge >= 0.3 is 12.0 Å². The molecule has 2 amide bonds. The van der Waals surface area contributed by atoms with Crippen molar-refractivity contribution in [1.29, 1.82) is 0 Å². The van der Waals surface area contributed by atoms with Crippen molar-refractivity contribution < 1.29 is 14.3 Å². The van der Waals surface area contributed by atoms with E-state index >= 15 is 0 Å². The first-order valence-electron chi connectivity index (χ1n) is 8.31. The zero-order valence-electron chi connectivity index (χ0n) is 14.4. The fraction of sp³-hybridized carbons (Fsp3) is 0.389. The van der Waals surface area contributed by atoms with Gasteiger partial charge in [-0.1, -0.05) is 12.1 Å². The second-order valence-electron chi connectivity index (χ2n) is 6.13. The molecule has 0 aliphatic heterocycles. The maximum atomic E-state index is 12.2. The lowest BCUT2D eigenvalue weighted by Gasteiger charge is -2.24. The number of nitrogens with zero attached hydrogens (tertiary/aromatic N) is 2. The van der Waals surface area contributed by atoms with E-state index in [1.54, 1.807) is 24.3 Å². The average Bonchev–Trinajstić information content (AvgIpc) is 3.02. The van der Waals surface area contributed by atoms with E-state index in [4.69, 9.17) is 0 Å². The lowest BCUT2D eigenvalue weighted by Crippen LogP contribution is -2.38. The molecule has 3 rings (SSSR count). The highest BCUT2D eigenvalue weighted by atomic mass is 16.5. The summed E-state index contributed by atoms with van der Waals surface area (Å²) in [6.45, 7) is 0.389. The average molecular weight is 342 g/mol. The van der Waals surface area contributed by atoms with Crippen LogP contribution in [0.1, 0.15) is 46.1 Å². The van der Waals surface area contributed by atoms with Gasteiger partial charge in [0.25, 0.3) is 0 Å². The number of amides is 2. The van der Waals surface area contributed by atoms with Crippen LogP contribution in [-0.4, -0.2) is 28.9 Å². The second-order valence-corrected chi connectivity index (χ2v) is 6.13. The summed E-state index contributed by atoms with van der Waals surface area (Å²) in [5.74, 6) is -0.373. The van der Waals surface area contributed by atoms with Gasteiger partial charge in [-0.3, -0.25) is 4.68 Å². The van der Waals surface area contributed by atoms with E-state index in [-0.39, 0.29) is 18.0 Å². The number of nitrogens with one attached hydrogen (secondary N) is 2. The number of aromatic nitrogens is 2. The van der Waals surface area contributed by atoms with Crippen molar-refractivity contribution in [3.63, 3.8) is 0 Å². The molecule has 7 nitrogen and oxygen atoms in total. The zero-order valence-corrected chi connectivity index (χ0v) is 14.4. The number of hydrogen-bond donors (Lipinski definition) is 2. The summed E-state index contributed by atoms with van der Waals surface area (Å²) in [5, 5.41) is 10.2. The van der Waals surface area contributed by atoms with Gasteiger partial charge in [-0.05, 0) is 37.0 Å². The van der Waals surface area contributed by atoms with E-state index in [0.29, 0.717) is 12.1 Å². The summed E-state index contributed by atoms with van der Waals surface area (Å²) in [6.07, 6.45) is 4.79. The molecule has 1 aliphatic carbocycles. The Bertz CT molecular complexity index is 767. The van der Waals surface area contributed by atoms with Crippen LogP contribution in [-0.2, 0) is 24.8 Å². The molecule has 1 aromatic carbocycles. The minimum atomic E-state index is -0.373. The second kappa shape index (κ2) is 7.38. The minimum Gasteiger partial charge on any atom is -0.465 e. The van der Waals surface area contributed by atoms with Gasteiger partial charge in [0.1, 0.15) is 0 Å². The quantitative estimate of drug-likeness (QED) is 0.833.